The van der Waals surface area contributed by atoms with Gasteiger partial charge in [0.25, 0.3) is 0 Å². The predicted molar refractivity (Wildman–Crippen MR) is 91.7 cm³/mol. The standard InChI is InChI=1S/C19H20N2O3/c1-24-17-9-5-8-16(11-17)21-13-15(10-18(21)22)19(23)20-12-14-6-3-2-4-7-14/h2-9,11,15H,10,12-13H2,1H3,(H,20,23)/t15-/m0/s1. The van der Waals surface area contributed by atoms with Crippen molar-refractivity contribution in [2.45, 2.75) is 13.0 Å². The molecule has 1 saturated heterocycles. The highest BCUT2D eigenvalue weighted by molar-refractivity contribution is 6.00. The number of hydrogen-bond acceptors (Lipinski definition) is 3. The van der Waals surface area contributed by atoms with Crippen molar-refractivity contribution in [3.8, 4) is 5.75 Å². The van der Waals surface area contributed by atoms with Crippen LogP contribution in [0, 0.1) is 5.92 Å². The van der Waals surface area contributed by atoms with Crippen molar-refractivity contribution in [1.82, 2.24) is 5.32 Å². The third-order valence-corrected chi connectivity index (χ3v) is 4.17. The largest absolute Gasteiger partial charge is 0.497 e. The number of hydrogen-bond donors (Lipinski definition) is 1. The summed E-state index contributed by atoms with van der Waals surface area (Å²) in [7, 11) is 1.59. The fourth-order valence-electron chi connectivity index (χ4n) is 2.84. The van der Waals surface area contributed by atoms with E-state index in [2.05, 4.69) is 5.32 Å². The minimum Gasteiger partial charge on any atom is -0.497 e. The van der Waals surface area contributed by atoms with Crippen molar-refractivity contribution in [3.63, 3.8) is 0 Å². The van der Waals surface area contributed by atoms with Crippen LogP contribution >= 0.6 is 0 Å². The minimum absolute atomic E-state index is 0.0388. The lowest BCUT2D eigenvalue weighted by Gasteiger charge is -2.17. The molecule has 0 aliphatic carbocycles. The van der Waals surface area contributed by atoms with E-state index >= 15 is 0 Å². The van der Waals surface area contributed by atoms with Crippen molar-refractivity contribution >= 4 is 17.5 Å². The maximum Gasteiger partial charge on any atom is 0.227 e. The average Bonchev–Trinajstić information content (AvgIpc) is 3.02. The third-order valence-electron chi connectivity index (χ3n) is 4.17. The number of ether oxygens (including phenoxy) is 1. The van der Waals surface area contributed by atoms with Gasteiger partial charge in [-0.3, -0.25) is 9.59 Å². The zero-order chi connectivity index (χ0) is 16.9. The number of nitrogens with one attached hydrogen (secondary N) is 1. The summed E-state index contributed by atoms with van der Waals surface area (Å²) in [4.78, 5) is 26.3. The highest BCUT2D eigenvalue weighted by Crippen LogP contribution is 2.27. The molecule has 1 N–H and O–H groups in total. The van der Waals surface area contributed by atoms with Crippen LogP contribution in [0.1, 0.15) is 12.0 Å². The Bertz CT molecular complexity index is 730. The Kier molecular flexibility index (Phi) is 4.79. The summed E-state index contributed by atoms with van der Waals surface area (Å²) in [5.41, 5.74) is 1.80. The summed E-state index contributed by atoms with van der Waals surface area (Å²) in [5.74, 6) is 0.241. The van der Waals surface area contributed by atoms with E-state index in [4.69, 9.17) is 4.74 Å². The number of nitrogens with zero attached hydrogens (tertiary/aromatic N) is 1. The normalized spacial score (nSPS) is 17.0. The van der Waals surface area contributed by atoms with E-state index in [-0.39, 0.29) is 24.2 Å². The molecule has 0 saturated carbocycles. The van der Waals surface area contributed by atoms with E-state index < -0.39 is 0 Å². The average molecular weight is 324 g/mol. The Morgan fingerprint density at radius 1 is 1.21 bits per heavy atom. The van der Waals surface area contributed by atoms with E-state index in [0.29, 0.717) is 18.8 Å². The van der Waals surface area contributed by atoms with E-state index in [9.17, 15) is 9.59 Å². The molecule has 1 heterocycles. The first-order valence-corrected chi connectivity index (χ1v) is 7.93. The van der Waals surface area contributed by atoms with Gasteiger partial charge >= 0.3 is 0 Å². The van der Waals surface area contributed by atoms with E-state index in [0.717, 1.165) is 11.3 Å². The monoisotopic (exact) mass is 324 g/mol. The maximum absolute atomic E-state index is 12.3. The second-order valence-electron chi connectivity index (χ2n) is 5.81. The number of benzene rings is 2. The van der Waals surface area contributed by atoms with Gasteiger partial charge in [0.2, 0.25) is 11.8 Å². The van der Waals surface area contributed by atoms with Crippen LogP contribution in [0.15, 0.2) is 54.6 Å². The van der Waals surface area contributed by atoms with Gasteiger partial charge in [0, 0.05) is 31.3 Å². The lowest BCUT2D eigenvalue weighted by atomic mass is 10.1. The highest BCUT2D eigenvalue weighted by atomic mass is 16.5. The van der Waals surface area contributed by atoms with Gasteiger partial charge in [-0.1, -0.05) is 36.4 Å². The number of methoxy groups -OCH3 is 1. The molecule has 124 valence electrons. The van der Waals surface area contributed by atoms with Crippen LogP contribution in [-0.4, -0.2) is 25.5 Å². The molecule has 0 bridgehead atoms. The molecule has 2 aromatic carbocycles. The van der Waals surface area contributed by atoms with Crippen LogP contribution in [0.3, 0.4) is 0 Å². The van der Waals surface area contributed by atoms with Gasteiger partial charge in [-0.05, 0) is 17.7 Å². The molecule has 24 heavy (non-hydrogen) atoms. The van der Waals surface area contributed by atoms with E-state index in [1.165, 1.54) is 0 Å². The molecule has 1 atom stereocenters. The molecule has 3 rings (SSSR count). The molecule has 1 fully saturated rings. The van der Waals surface area contributed by atoms with Crippen LogP contribution in [0.2, 0.25) is 0 Å². The summed E-state index contributed by atoms with van der Waals surface area (Å²) in [6.07, 6.45) is 0.234. The molecule has 2 amide bonds. The van der Waals surface area contributed by atoms with Gasteiger partial charge in [-0.15, -0.1) is 0 Å². The van der Waals surface area contributed by atoms with Gasteiger partial charge in [0.1, 0.15) is 5.75 Å². The summed E-state index contributed by atoms with van der Waals surface area (Å²) >= 11 is 0. The van der Waals surface area contributed by atoms with Crippen LogP contribution in [0.4, 0.5) is 5.69 Å². The predicted octanol–water partition coefficient (Wildman–Crippen LogP) is 2.36. The first-order chi connectivity index (χ1) is 11.7. The van der Waals surface area contributed by atoms with E-state index in [1.807, 2.05) is 54.6 Å². The van der Waals surface area contributed by atoms with Crippen molar-refractivity contribution < 1.29 is 14.3 Å². The van der Waals surface area contributed by atoms with Crippen molar-refractivity contribution in [1.29, 1.82) is 0 Å². The zero-order valence-corrected chi connectivity index (χ0v) is 13.6. The molecule has 0 spiro atoms. The fourth-order valence-corrected chi connectivity index (χ4v) is 2.84. The Balaban J connectivity index is 1.62. The minimum atomic E-state index is -0.326. The first kappa shape index (κ1) is 16.1. The van der Waals surface area contributed by atoms with Crippen LogP contribution in [0.25, 0.3) is 0 Å². The molecular formula is C19H20N2O3. The molecule has 5 heteroatoms. The van der Waals surface area contributed by atoms with Gasteiger partial charge in [-0.2, -0.15) is 0 Å². The number of carbonyl (C=O) groups is 2. The molecule has 1 aliphatic rings. The lowest BCUT2D eigenvalue weighted by Crippen LogP contribution is -2.32. The van der Waals surface area contributed by atoms with E-state index in [1.54, 1.807) is 12.0 Å². The smallest absolute Gasteiger partial charge is 0.227 e. The van der Waals surface area contributed by atoms with Crippen molar-refractivity contribution in [2.75, 3.05) is 18.6 Å². The summed E-state index contributed by atoms with van der Waals surface area (Å²) in [5, 5.41) is 2.91. The number of anilines is 1. The number of rotatable bonds is 5. The van der Waals surface area contributed by atoms with Crippen molar-refractivity contribution in [3.05, 3.63) is 60.2 Å². The van der Waals surface area contributed by atoms with Gasteiger partial charge in [-0.25, -0.2) is 0 Å². The topological polar surface area (TPSA) is 58.6 Å². The fraction of sp³-hybridized carbons (Fsp3) is 0.263. The first-order valence-electron chi connectivity index (χ1n) is 7.93. The summed E-state index contributed by atoms with van der Waals surface area (Å²) in [6.45, 7) is 0.871. The Morgan fingerprint density at radius 2 is 2.00 bits per heavy atom. The Morgan fingerprint density at radius 3 is 2.75 bits per heavy atom. The number of carbonyl (C=O) groups excluding carboxylic acids is 2. The summed E-state index contributed by atoms with van der Waals surface area (Å²) in [6, 6.07) is 17.1. The van der Waals surface area contributed by atoms with Crippen LogP contribution in [-0.2, 0) is 16.1 Å². The lowest BCUT2D eigenvalue weighted by molar-refractivity contribution is -0.126. The van der Waals surface area contributed by atoms with Crippen LogP contribution in [0.5, 0.6) is 5.75 Å². The molecule has 1 aliphatic heterocycles. The quantitative estimate of drug-likeness (QED) is 0.918. The second-order valence-corrected chi connectivity index (χ2v) is 5.81. The molecular weight excluding hydrogens is 304 g/mol. The number of amides is 2. The summed E-state index contributed by atoms with van der Waals surface area (Å²) < 4.78 is 5.19. The molecule has 0 radical (unpaired) electrons. The Hall–Kier alpha value is -2.82. The second kappa shape index (κ2) is 7.17. The zero-order valence-electron chi connectivity index (χ0n) is 13.6. The third kappa shape index (κ3) is 3.56. The van der Waals surface area contributed by atoms with Crippen molar-refractivity contribution in [2.24, 2.45) is 5.92 Å². The van der Waals surface area contributed by atoms with Gasteiger partial charge < -0.3 is 15.0 Å². The van der Waals surface area contributed by atoms with Gasteiger partial charge in [0.05, 0.1) is 13.0 Å². The highest BCUT2D eigenvalue weighted by Gasteiger charge is 2.35. The molecule has 0 aromatic heterocycles. The van der Waals surface area contributed by atoms with Gasteiger partial charge in [0.15, 0.2) is 0 Å². The van der Waals surface area contributed by atoms with Crippen LogP contribution < -0.4 is 15.0 Å². The molecule has 2 aromatic rings. The maximum atomic E-state index is 12.3. The molecule has 5 nitrogen and oxygen atoms in total. The molecule has 0 unspecified atom stereocenters. The Labute approximate surface area is 141 Å². The SMILES string of the molecule is COc1cccc(N2C[C@@H](C(=O)NCc3ccccc3)CC2=O)c1.